The molecule has 5 heteroatoms. The lowest BCUT2D eigenvalue weighted by Crippen LogP contribution is -2.59. The van der Waals surface area contributed by atoms with Crippen LogP contribution in [0.4, 0.5) is 5.69 Å². The lowest BCUT2D eigenvalue weighted by molar-refractivity contribution is -0.136. The standard InChI is InChI=1S/C20H20N2O3/c1-2-3-8-13-22-16-11-6-5-10-15(16)20(19(22)24)21-18(23)14-9-4-7-12-17(14)25-20/h4-7,9-12H,2-3,8,13H2,1H3,(H,21,23)/t20-/m1/s1. The van der Waals surface area contributed by atoms with Crippen LogP contribution in [-0.2, 0) is 10.5 Å². The first-order valence-corrected chi connectivity index (χ1v) is 8.69. The van der Waals surface area contributed by atoms with E-state index in [0.29, 0.717) is 23.4 Å². The van der Waals surface area contributed by atoms with Gasteiger partial charge in [-0.15, -0.1) is 0 Å². The number of benzene rings is 2. The Morgan fingerprint density at radius 2 is 1.80 bits per heavy atom. The third-order valence-electron chi connectivity index (χ3n) is 4.79. The van der Waals surface area contributed by atoms with Crippen molar-refractivity contribution >= 4 is 17.5 Å². The zero-order chi connectivity index (χ0) is 17.4. The molecule has 5 nitrogen and oxygen atoms in total. The molecule has 0 aromatic heterocycles. The molecule has 0 bridgehead atoms. The molecule has 4 rings (SSSR count). The highest BCUT2D eigenvalue weighted by molar-refractivity contribution is 6.11. The van der Waals surface area contributed by atoms with E-state index in [1.165, 1.54) is 0 Å². The normalized spacial score (nSPS) is 20.9. The Balaban J connectivity index is 1.78. The average Bonchev–Trinajstić information content (AvgIpc) is 2.85. The van der Waals surface area contributed by atoms with Gasteiger partial charge in [0, 0.05) is 6.54 Å². The van der Waals surface area contributed by atoms with Crippen LogP contribution in [0, 0.1) is 0 Å². The Bertz CT molecular complexity index is 848. The maximum absolute atomic E-state index is 13.3. The van der Waals surface area contributed by atoms with Gasteiger partial charge in [-0.25, -0.2) is 0 Å². The van der Waals surface area contributed by atoms with Crippen molar-refractivity contribution in [2.45, 2.75) is 31.9 Å². The van der Waals surface area contributed by atoms with Gasteiger partial charge in [0.05, 0.1) is 16.8 Å². The zero-order valence-electron chi connectivity index (χ0n) is 14.1. The number of hydrogen-bond acceptors (Lipinski definition) is 3. The lowest BCUT2D eigenvalue weighted by atomic mass is 10.0. The summed E-state index contributed by atoms with van der Waals surface area (Å²) in [7, 11) is 0. The van der Waals surface area contributed by atoms with Crippen molar-refractivity contribution < 1.29 is 14.3 Å². The van der Waals surface area contributed by atoms with Crippen molar-refractivity contribution in [3.8, 4) is 5.75 Å². The number of nitrogens with zero attached hydrogens (tertiary/aromatic N) is 1. The minimum atomic E-state index is -1.46. The number of unbranched alkanes of at least 4 members (excludes halogenated alkanes) is 2. The van der Waals surface area contributed by atoms with Gasteiger partial charge < -0.3 is 15.0 Å². The summed E-state index contributed by atoms with van der Waals surface area (Å²) in [6.45, 7) is 2.74. The molecule has 0 aliphatic carbocycles. The molecule has 2 amide bonds. The zero-order valence-corrected chi connectivity index (χ0v) is 14.1. The van der Waals surface area contributed by atoms with Crippen molar-refractivity contribution in [1.82, 2.24) is 5.32 Å². The summed E-state index contributed by atoms with van der Waals surface area (Å²) in [5.41, 5.74) is 0.485. The summed E-state index contributed by atoms with van der Waals surface area (Å²) >= 11 is 0. The summed E-state index contributed by atoms with van der Waals surface area (Å²) in [6, 6.07) is 14.5. The smallest absolute Gasteiger partial charge is 0.298 e. The molecule has 2 aliphatic heterocycles. The molecule has 0 saturated heterocycles. The fourth-order valence-electron chi connectivity index (χ4n) is 3.54. The van der Waals surface area contributed by atoms with E-state index < -0.39 is 5.72 Å². The number of para-hydroxylation sites is 2. The second-order valence-electron chi connectivity index (χ2n) is 6.41. The second kappa shape index (κ2) is 5.92. The molecule has 0 radical (unpaired) electrons. The fourth-order valence-corrected chi connectivity index (χ4v) is 3.54. The second-order valence-corrected chi connectivity index (χ2v) is 6.41. The molecule has 1 N–H and O–H groups in total. The predicted octanol–water partition coefficient (Wildman–Crippen LogP) is 3.20. The van der Waals surface area contributed by atoms with Gasteiger partial charge in [0.15, 0.2) is 0 Å². The number of nitrogens with one attached hydrogen (secondary N) is 1. The summed E-state index contributed by atoms with van der Waals surface area (Å²) in [4.78, 5) is 27.6. The maximum atomic E-state index is 13.3. The highest BCUT2D eigenvalue weighted by atomic mass is 16.5. The third-order valence-corrected chi connectivity index (χ3v) is 4.79. The van der Waals surface area contributed by atoms with Gasteiger partial charge in [0.1, 0.15) is 5.75 Å². The Kier molecular flexibility index (Phi) is 3.71. The predicted molar refractivity (Wildman–Crippen MR) is 94.5 cm³/mol. The topological polar surface area (TPSA) is 58.6 Å². The van der Waals surface area contributed by atoms with Crippen molar-refractivity contribution in [1.29, 1.82) is 0 Å². The van der Waals surface area contributed by atoms with E-state index in [2.05, 4.69) is 12.2 Å². The molecule has 1 spiro atoms. The van der Waals surface area contributed by atoms with Gasteiger partial charge in [-0.3, -0.25) is 9.59 Å². The largest absolute Gasteiger partial charge is 0.453 e. The number of carbonyl (C=O) groups is 2. The van der Waals surface area contributed by atoms with Crippen molar-refractivity contribution in [2.75, 3.05) is 11.4 Å². The number of anilines is 1. The van der Waals surface area contributed by atoms with Crippen LogP contribution in [0.2, 0.25) is 0 Å². The van der Waals surface area contributed by atoms with Gasteiger partial charge in [0.2, 0.25) is 0 Å². The van der Waals surface area contributed by atoms with E-state index in [1.54, 1.807) is 29.2 Å². The van der Waals surface area contributed by atoms with Gasteiger partial charge in [-0.05, 0) is 24.6 Å². The van der Waals surface area contributed by atoms with E-state index in [9.17, 15) is 9.59 Å². The van der Waals surface area contributed by atoms with Crippen LogP contribution in [0.5, 0.6) is 5.75 Å². The highest BCUT2D eigenvalue weighted by Crippen LogP contribution is 2.44. The quantitative estimate of drug-likeness (QED) is 0.872. The van der Waals surface area contributed by atoms with Crippen LogP contribution >= 0.6 is 0 Å². The van der Waals surface area contributed by atoms with Crippen LogP contribution in [-0.4, -0.2) is 18.4 Å². The van der Waals surface area contributed by atoms with Crippen LogP contribution in [0.15, 0.2) is 48.5 Å². The minimum absolute atomic E-state index is 0.229. The SMILES string of the molecule is CCCCCN1C(=O)[C@@]2(NC(=O)c3ccccc3O2)c2ccccc21. The van der Waals surface area contributed by atoms with Crippen molar-refractivity contribution in [3.63, 3.8) is 0 Å². The first-order valence-electron chi connectivity index (χ1n) is 8.69. The summed E-state index contributed by atoms with van der Waals surface area (Å²) in [6.07, 6.45) is 3.04. The number of ether oxygens (including phenoxy) is 1. The summed E-state index contributed by atoms with van der Waals surface area (Å²) in [5, 5.41) is 2.82. The van der Waals surface area contributed by atoms with Gasteiger partial charge in [-0.1, -0.05) is 50.1 Å². The van der Waals surface area contributed by atoms with E-state index >= 15 is 0 Å². The monoisotopic (exact) mass is 336 g/mol. The van der Waals surface area contributed by atoms with Gasteiger partial charge in [-0.2, -0.15) is 0 Å². The molecule has 2 aromatic carbocycles. The van der Waals surface area contributed by atoms with Crippen molar-refractivity contribution in [3.05, 3.63) is 59.7 Å². The molecule has 0 fully saturated rings. The molecular weight excluding hydrogens is 316 g/mol. The minimum Gasteiger partial charge on any atom is -0.453 e. The third kappa shape index (κ3) is 2.30. The molecule has 0 saturated carbocycles. The number of rotatable bonds is 4. The summed E-state index contributed by atoms with van der Waals surface area (Å²) < 4.78 is 6.10. The molecule has 0 unspecified atom stereocenters. The lowest BCUT2D eigenvalue weighted by Gasteiger charge is -2.34. The first kappa shape index (κ1) is 15.7. The van der Waals surface area contributed by atoms with Crippen LogP contribution in [0.25, 0.3) is 0 Å². The van der Waals surface area contributed by atoms with Crippen molar-refractivity contribution in [2.24, 2.45) is 0 Å². The Morgan fingerprint density at radius 1 is 1.04 bits per heavy atom. The number of amides is 2. The Labute approximate surface area is 146 Å². The molecule has 1 atom stereocenters. The van der Waals surface area contributed by atoms with E-state index in [-0.39, 0.29) is 11.8 Å². The molecule has 2 aliphatic rings. The van der Waals surface area contributed by atoms with Gasteiger partial charge in [0.25, 0.3) is 17.5 Å². The fraction of sp³-hybridized carbons (Fsp3) is 0.300. The number of hydrogen-bond donors (Lipinski definition) is 1. The van der Waals surface area contributed by atoms with Crippen LogP contribution in [0.3, 0.4) is 0 Å². The van der Waals surface area contributed by atoms with Gasteiger partial charge >= 0.3 is 0 Å². The number of fused-ring (bicyclic) bond motifs is 3. The highest BCUT2D eigenvalue weighted by Gasteiger charge is 2.56. The van der Waals surface area contributed by atoms with E-state index in [0.717, 1.165) is 24.9 Å². The van der Waals surface area contributed by atoms with E-state index in [1.807, 2.05) is 24.3 Å². The molecule has 25 heavy (non-hydrogen) atoms. The summed E-state index contributed by atoms with van der Waals surface area (Å²) in [5.74, 6) is -0.0853. The van der Waals surface area contributed by atoms with Crippen LogP contribution in [0.1, 0.15) is 42.1 Å². The maximum Gasteiger partial charge on any atom is 0.298 e. The van der Waals surface area contributed by atoms with Crippen LogP contribution < -0.4 is 15.0 Å². The molecule has 128 valence electrons. The average molecular weight is 336 g/mol. The molecule has 2 aromatic rings. The van der Waals surface area contributed by atoms with E-state index in [4.69, 9.17) is 4.74 Å². The molecule has 2 heterocycles. The Hall–Kier alpha value is -2.82. The Morgan fingerprint density at radius 3 is 2.64 bits per heavy atom. The molecular formula is C20H20N2O3. The number of carbonyl (C=O) groups excluding carboxylic acids is 2. The first-order chi connectivity index (χ1) is 12.2.